The Hall–Kier alpha value is -1.86. The van der Waals surface area contributed by atoms with E-state index in [0.29, 0.717) is 5.69 Å². The van der Waals surface area contributed by atoms with E-state index < -0.39 is 42.4 Å². The molecule has 2 aromatic heterocycles. The first-order valence-electron chi connectivity index (χ1n) is 6.93. The van der Waals surface area contributed by atoms with Gasteiger partial charge in [0.2, 0.25) is 0 Å². The first-order chi connectivity index (χ1) is 11.4. The van der Waals surface area contributed by atoms with Gasteiger partial charge < -0.3 is 20.1 Å². The van der Waals surface area contributed by atoms with Gasteiger partial charge in [-0.2, -0.15) is 0 Å². The molecule has 0 saturated carbocycles. The second kappa shape index (κ2) is 6.57. The van der Waals surface area contributed by atoms with Gasteiger partial charge in [-0.05, 0) is 15.9 Å². The van der Waals surface area contributed by atoms with Gasteiger partial charge in [-0.3, -0.25) is 14.3 Å². The fourth-order valence-electron chi connectivity index (χ4n) is 2.38. The highest BCUT2D eigenvalue weighted by molar-refractivity contribution is 9.10. The van der Waals surface area contributed by atoms with Gasteiger partial charge >= 0.3 is 5.69 Å². The molecule has 130 valence electrons. The van der Waals surface area contributed by atoms with Crippen LogP contribution in [0.1, 0.15) is 11.9 Å². The van der Waals surface area contributed by atoms with Crippen LogP contribution in [0.15, 0.2) is 26.5 Å². The molecule has 0 radical (unpaired) electrons. The number of rotatable bonds is 4. The zero-order chi connectivity index (χ0) is 17.4. The van der Waals surface area contributed by atoms with E-state index in [4.69, 9.17) is 9.84 Å². The van der Waals surface area contributed by atoms with Crippen LogP contribution in [-0.2, 0) is 11.3 Å². The molecular formula is C12H14BrN5O6. The number of hydrogen-bond acceptors (Lipinski definition) is 8. The summed E-state index contributed by atoms with van der Waals surface area (Å²) in [5.74, 6) is 0. The molecule has 0 aliphatic carbocycles. The Morgan fingerprint density at radius 2 is 2.04 bits per heavy atom. The SMILES string of the molecule is O=c1[nH]c(=O)n(Cc2cn([C@@H]3O[C@H](CO)[C@@H](O)[C@H]3O)nn2)cc1Br. The summed E-state index contributed by atoms with van der Waals surface area (Å²) in [5.41, 5.74) is -0.772. The molecule has 0 unspecified atom stereocenters. The number of hydrogen-bond donors (Lipinski definition) is 4. The zero-order valence-corrected chi connectivity index (χ0v) is 13.7. The average Bonchev–Trinajstić information content (AvgIpc) is 3.11. The molecule has 4 N–H and O–H groups in total. The van der Waals surface area contributed by atoms with Crippen LogP contribution >= 0.6 is 15.9 Å². The molecule has 0 bridgehead atoms. The summed E-state index contributed by atoms with van der Waals surface area (Å²) >= 11 is 3.03. The first-order valence-corrected chi connectivity index (χ1v) is 7.72. The van der Waals surface area contributed by atoms with Crippen molar-refractivity contribution < 1.29 is 20.1 Å². The molecule has 12 heteroatoms. The van der Waals surface area contributed by atoms with Crippen molar-refractivity contribution in [1.29, 1.82) is 0 Å². The lowest BCUT2D eigenvalue weighted by atomic mass is 10.1. The van der Waals surface area contributed by atoms with E-state index in [2.05, 4.69) is 31.2 Å². The second-order valence-corrected chi connectivity index (χ2v) is 6.14. The minimum atomic E-state index is -1.28. The Kier molecular flexibility index (Phi) is 4.64. The van der Waals surface area contributed by atoms with E-state index in [-0.39, 0.29) is 11.0 Å². The standard InChI is InChI=1S/C12H14BrN5O6/c13-6-3-17(12(23)14-10(6)22)1-5-2-18(16-15-5)11-9(21)8(20)7(4-19)24-11/h2-3,7-9,11,19-21H,1,4H2,(H,14,22,23)/t7-,8-,9-,11-/m1/s1. The molecule has 3 heterocycles. The highest BCUT2D eigenvalue weighted by Crippen LogP contribution is 2.28. The maximum absolute atomic E-state index is 11.7. The van der Waals surface area contributed by atoms with Crippen LogP contribution in [0.4, 0.5) is 0 Å². The third-order valence-electron chi connectivity index (χ3n) is 3.64. The van der Waals surface area contributed by atoms with Crippen LogP contribution in [0.5, 0.6) is 0 Å². The Balaban J connectivity index is 1.81. The van der Waals surface area contributed by atoms with Crippen molar-refractivity contribution in [2.45, 2.75) is 31.1 Å². The monoisotopic (exact) mass is 403 g/mol. The third-order valence-corrected chi connectivity index (χ3v) is 4.20. The smallest absolute Gasteiger partial charge is 0.328 e. The number of nitrogens with one attached hydrogen (secondary N) is 1. The van der Waals surface area contributed by atoms with E-state index in [1.54, 1.807) is 0 Å². The minimum absolute atomic E-state index is 0.0308. The number of H-pyrrole nitrogens is 1. The van der Waals surface area contributed by atoms with Crippen LogP contribution in [0.2, 0.25) is 0 Å². The fourth-order valence-corrected chi connectivity index (χ4v) is 2.73. The molecule has 1 saturated heterocycles. The lowest BCUT2D eigenvalue weighted by molar-refractivity contribution is -0.0594. The van der Waals surface area contributed by atoms with Crippen molar-refractivity contribution >= 4 is 15.9 Å². The van der Waals surface area contributed by atoms with Crippen molar-refractivity contribution in [3.63, 3.8) is 0 Å². The molecule has 1 aliphatic rings. The van der Waals surface area contributed by atoms with E-state index >= 15 is 0 Å². The Morgan fingerprint density at radius 1 is 1.29 bits per heavy atom. The van der Waals surface area contributed by atoms with Crippen LogP contribution in [0.25, 0.3) is 0 Å². The predicted molar refractivity (Wildman–Crippen MR) is 81.2 cm³/mol. The van der Waals surface area contributed by atoms with Gasteiger partial charge in [-0.1, -0.05) is 5.21 Å². The molecule has 11 nitrogen and oxygen atoms in total. The predicted octanol–water partition coefficient (Wildman–Crippen LogP) is -2.45. The fraction of sp³-hybridized carbons (Fsp3) is 0.500. The van der Waals surface area contributed by atoms with E-state index in [0.717, 1.165) is 0 Å². The van der Waals surface area contributed by atoms with Gasteiger partial charge in [-0.15, -0.1) is 5.10 Å². The normalized spacial score (nSPS) is 26.8. The maximum atomic E-state index is 11.7. The summed E-state index contributed by atoms with van der Waals surface area (Å²) in [4.78, 5) is 25.2. The number of aromatic nitrogens is 5. The molecule has 3 rings (SSSR count). The maximum Gasteiger partial charge on any atom is 0.328 e. The van der Waals surface area contributed by atoms with Gasteiger partial charge in [0.25, 0.3) is 5.56 Å². The molecule has 2 aromatic rings. The first kappa shape index (κ1) is 17.0. The molecule has 1 fully saturated rings. The van der Waals surface area contributed by atoms with Crippen molar-refractivity contribution in [2.75, 3.05) is 6.61 Å². The number of halogens is 1. The lowest BCUT2D eigenvalue weighted by Crippen LogP contribution is -2.33. The highest BCUT2D eigenvalue weighted by Gasteiger charge is 2.43. The van der Waals surface area contributed by atoms with Gasteiger partial charge in [0.05, 0.1) is 23.8 Å². The van der Waals surface area contributed by atoms with Crippen molar-refractivity contribution in [3.8, 4) is 0 Å². The number of nitrogens with zero attached hydrogens (tertiary/aromatic N) is 4. The molecule has 0 aromatic carbocycles. The largest absolute Gasteiger partial charge is 0.394 e. The van der Waals surface area contributed by atoms with Gasteiger partial charge in [-0.25, -0.2) is 9.48 Å². The number of aliphatic hydroxyl groups excluding tert-OH is 3. The van der Waals surface area contributed by atoms with Crippen molar-refractivity contribution in [1.82, 2.24) is 24.5 Å². The lowest BCUT2D eigenvalue weighted by Gasteiger charge is -2.13. The average molecular weight is 404 g/mol. The van der Waals surface area contributed by atoms with E-state index in [1.807, 2.05) is 0 Å². The molecule has 0 spiro atoms. The van der Waals surface area contributed by atoms with Gasteiger partial charge in [0.15, 0.2) is 6.23 Å². The van der Waals surface area contributed by atoms with Crippen molar-refractivity contribution in [3.05, 3.63) is 43.4 Å². The number of aromatic amines is 1. The quantitative estimate of drug-likeness (QED) is 0.438. The van der Waals surface area contributed by atoms with Gasteiger partial charge in [0.1, 0.15) is 24.0 Å². The number of ether oxygens (including phenoxy) is 1. The van der Waals surface area contributed by atoms with E-state index in [1.165, 1.54) is 21.6 Å². The summed E-state index contributed by atoms with van der Waals surface area (Å²) in [7, 11) is 0. The topological polar surface area (TPSA) is 155 Å². The van der Waals surface area contributed by atoms with Crippen LogP contribution in [0.3, 0.4) is 0 Å². The summed E-state index contributed by atoms with van der Waals surface area (Å²) in [6.07, 6.45) is -1.68. The molecule has 4 atom stereocenters. The van der Waals surface area contributed by atoms with Crippen LogP contribution in [0, 0.1) is 0 Å². The van der Waals surface area contributed by atoms with Gasteiger partial charge in [0, 0.05) is 6.20 Å². The second-order valence-electron chi connectivity index (χ2n) is 5.28. The zero-order valence-electron chi connectivity index (χ0n) is 12.1. The molecule has 0 amide bonds. The summed E-state index contributed by atoms with van der Waals surface area (Å²) in [5, 5.41) is 36.5. The minimum Gasteiger partial charge on any atom is -0.394 e. The molecule has 1 aliphatic heterocycles. The Labute approximate surface area is 142 Å². The summed E-state index contributed by atoms with van der Waals surface area (Å²) < 4.78 is 7.94. The summed E-state index contributed by atoms with van der Waals surface area (Å²) in [6.45, 7) is -0.417. The highest BCUT2D eigenvalue weighted by atomic mass is 79.9. The Bertz CT molecular complexity index is 847. The third kappa shape index (κ3) is 3.06. The Morgan fingerprint density at radius 3 is 2.71 bits per heavy atom. The van der Waals surface area contributed by atoms with Crippen molar-refractivity contribution in [2.24, 2.45) is 0 Å². The molecular weight excluding hydrogens is 390 g/mol. The van der Waals surface area contributed by atoms with E-state index in [9.17, 15) is 19.8 Å². The van der Waals surface area contributed by atoms with Crippen LogP contribution in [-0.4, -0.2) is 64.8 Å². The number of aliphatic hydroxyl groups is 3. The van der Waals surface area contributed by atoms with Crippen LogP contribution < -0.4 is 11.2 Å². The molecule has 24 heavy (non-hydrogen) atoms. The summed E-state index contributed by atoms with van der Waals surface area (Å²) in [6, 6.07) is 0.